The summed E-state index contributed by atoms with van der Waals surface area (Å²) in [6, 6.07) is 12.1. The number of hydrogen-bond donors (Lipinski definition) is 2. The van der Waals surface area contributed by atoms with Crippen molar-refractivity contribution in [2.75, 3.05) is 32.6 Å². The van der Waals surface area contributed by atoms with Gasteiger partial charge in [0.25, 0.3) is 0 Å². The van der Waals surface area contributed by atoms with Gasteiger partial charge in [-0.3, -0.25) is 0 Å². The van der Waals surface area contributed by atoms with E-state index in [1.54, 1.807) is 13.2 Å². The van der Waals surface area contributed by atoms with Crippen LogP contribution < -0.4 is 15.0 Å². The first-order valence-electron chi connectivity index (χ1n) is 7.94. The summed E-state index contributed by atoms with van der Waals surface area (Å²) in [7, 11) is 5.38. The summed E-state index contributed by atoms with van der Waals surface area (Å²) >= 11 is 0. The number of nitrogens with zero attached hydrogens (tertiary/aromatic N) is 1. The van der Waals surface area contributed by atoms with Gasteiger partial charge in [0.15, 0.2) is 0 Å². The molecule has 0 saturated heterocycles. The summed E-state index contributed by atoms with van der Waals surface area (Å²) < 4.78 is 18.6. The van der Waals surface area contributed by atoms with Crippen LogP contribution in [0.15, 0.2) is 42.5 Å². The lowest BCUT2D eigenvalue weighted by atomic mass is 10.0. The second kappa shape index (κ2) is 8.13. The fourth-order valence-corrected chi connectivity index (χ4v) is 2.61. The molecule has 0 aliphatic heterocycles. The molecule has 2 atom stereocenters. The number of ether oxygens (including phenoxy) is 1. The molecular weight excluding hydrogens is 307 g/mol. The predicted molar refractivity (Wildman–Crippen MR) is 95.1 cm³/mol. The fraction of sp³-hybridized carbons (Fsp3) is 0.368. The number of aliphatic hydroxyl groups excluding tert-OH is 1. The van der Waals surface area contributed by atoms with Gasteiger partial charge in [-0.15, -0.1) is 0 Å². The van der Waals surface area contributed by atoms with E-state index in [0.717, 1.165) is 22.6 Å². The van der Waals surface area contributed by atoms with Crippen molar-refractivity contribution < 1.29 is 14.2 Å². The Morgan fingerprint density at radius 3 is 2.42 bits per heavy atom. The second-order valence-electron chi connectivity index (χ2n) is 6.02. The SMILES string of the molecule is COc1ccc(C(O)CNC(C)c2ccc(F)cc2N(C)C)cc1. The minimum atomic E-state index is -0.624. The molecule has 2 rings (SSSR count). The monoisotopic (exact) mass is 332 g/mol. The lowest BCUT2D eigenvalue weighted by Gasteiger charge is -2.23. The van der Waals surface area contributed by atoms with Crippen LogP contribution in [0, 0.1) is 5.82 Å². The molecule has 2 aromatic carbocycles. The molecule has 0 bridgehead atoms. The Balaban J connectivity index is 2.03. The highest BCUT2D eigenvalue weighted by molar-refractivity contribution is 5.54. The van der Waals surface area contributed by atoms with Crippen molar-refractivity contribution in [3.05, 3.63) is 59.4 Å². The van der Waals surface area contributed by atoms with Crippen LogP contribution >= 0.6 is 0 Å². The minimum Gasteiger partial charge on any atom is -0.497 e. The van der Waals surface area contributed by atoms with Gasteiger partial charge in [-0.2, -0.15) is 0 Å². The predicted octanol–water partition coefficient (Wildman–Crippen LogP) is 3.28. The van der Waals surface area contributed by atoms with Crippen LogP contribution in [0.4, 0.5) is 10.1 Å². The van der Waals surface area contributed by atoms with Gasteiger partial charge in [-0.05, 0) is 42.3 Å². The molecular formula is C19H25FN2O2. The Bertz CT molecular complexity index is 659. The van der Waals surface area contributed by atoms with Crippen molar-refractivity contribution in [2.45, 2.75) is 19.1 Å². The Kier molecular flexibility index (Phi) is 6.17. The summed E-state index contributed by atoms with van der Waals surface area (Å²) in [6.45, 7) is 2.40. The number of methoxy groups -OCH3 is 1. The zero-order chi connectivity index (χ0) is 17.7. The van der Waals surface area contributed by atoms with E-state index in [0.29, 0.717) is 6.54 Å². The minimum absolute atomic E-state index is 0.0177. The van der Waals surface area contributed by atoms with E-state index < -0.39 is 6.10 Å². The maximum atomic E-state index is 13.5. The first kappa shape index (κ1) is 18.2. The van der Waals surface area contributed by atoms with Crippen LogP contribution in [0.1, 0.15) is 30.2 Å². The van der Waals surface area contributed by atoms with Crippen molar-refractivity contribution in [1.82, 2.24) is 5.32 Å². The lowest BCUT2D eigenvalue weighted by Crippen LogP contribution is -2.26. The van der Waals surface area contributed by atoms with Crippen LogP contribution in [-0.2, 0) is 0 Å². The number of nitrogens with one attached hydrogen (secondary N) is 1. The standard InChI is InChI=1S/C19H25FN2O2/c1-13(17-10-7-15(20)11-18(17)22(2)3)21-12-19(23)14-5-8-16(24-4)9-6-14/h5-11,13,19,21,23H,12H2,1-4H3. The number of anilines is 1. The number of hydrogen-bond acceptors (Lipinski definition) is 4. The number of halogens is 1. The summed E-state index contributed by atoms with van der Waals surface area (Å²) in [5.74, 6) is 0.502. The van der Waals surface area contributed by atoms with Crippen LogP contribution in [-0.4, -0.2) is 32.9 Å². The lowest BCUT2D eigenvalue weighted by molar-refractivity contribution is 0.170. The number of aliphatic hydroxyl groups is 1. The molecule has 0 spiro atoms. The largest absolute Gasteiger partial charge is 0.497 e. The van der Waals surface area contributed by atoms with Gasteiger partial charge in [0.2, 0.25) is 0 Å². The number of benzene rings is 2. The smallest absolute Gasteiger partial charge is 0.125 e. The highest BCUT2D eigenvalue weighted by atomic mass is 19.1. The van der Waals surface area contributed by atoms with Crippen molar-refractivity contribution in [3.8, 4) is 5.75 Å². The van der Waals surface area contributed by atoms with E-state index in [-0.39, 0.29) is 11.9 Å². The third-order valence-corrected chi connectivity index (χ3v) is 4.06. The normalized spacial score (nSPS) is 13.4. The van der Waals surface area contributed by atoms with Crippen LogP contribution in [0.2, 0.25) is 0 Å². The van der Waals surface area contributed by atoms with Gasteiger partial charge in [-0.1, -0.05) is 18.2 Å². The molecule has 0 aliphatic carbocycles. The fourth-order valence-electron chi connectivity index (χ4n) is 2.61. The molecule has 2 aromatic rings. The molecule has 0 fully saturated rings. The van der Waals surface area contributed by atoms with Crippen LogP contribution in [0.5, 0.6) is 5.75 Å². The van der Waals surface area contributed by atoms with Gasteiger partial charge < -0.3 is 20.1 Å². The van der Waals surface area contributed by atoms with E-state index in [2.05, 4.69) is 5.32 Å². The van der Waals surface area contributed by atoms with E-state index in [1.807, 2.05) is 50.2 Å². The summed E-state index contributed by atoms with van der Waals surface area (Å²) in [6.07, 6.45) is -0.624. The Labute approximate surface area is 142 Å². The quantitative estimate of drug-likeness (QED) is 0.817. The highest BCUT2D eigenvalue weighted by Crippen LogP contribution is 2.26. The average molecular weight is 332 g/mol. The zero-order valence-electron chi connectivity index (χ0n) is 14.6. The van der Waals surface area contributed by atoms with E-state index in [4.69, 9.17) is 4.74 Å². The molecule has 0 aliphatic rings. The Morgan fingerprint density at radius 1 is 1.17 bits per heavy atom. The maximum absolute atomic E-state index is 13.5. The molecule has 4 nitrogen and oxygen atoms in total. The van der Waals surface area contributed by atoms with Gasteiger partial charge in [0.1, 0.15) is 11.6 Å². The summed E-state index contributed by atoms with van der Waals surface area (Å²) in [5, 5.41) is 13.6. The zero-order valence-corrected chi connectivity index (χ0v) is 14.6. The maximum Gasteiger partial charge on any atom is 0.125 e. The van der Waals surface area contributed by atoms with Crippen LogP contribution in [0.25, 0.3) is 0 Å². The summed E-state index contributed by atoms with van der Waals surface area (Å²) in [5.41, 5.74) is 2.64. The molecule has 130 valence electrons. The Hall–Kier alpha value is -2.11. The third kappa shape index (κ3) is 4.46. The molecule has 24 heavy (non-hydrogen) atoms. The van der Waals surface area contributed by atoms with Crippen molar-refractivity contribution in [3.63, 3.8) is 0 Å². The van der Waals surface area contributed by atoms with Crippen molar-refractivity contribution in [2.24, 2.45) is 0 Å². The molecule has 2 unspecified atom stereocenters. The average Bonchev–Trinajstić information content (AvgIpc) is 2.59. The van der Waals surface area contributed by atoms with Crippen molar-refractivity contribution >= 4 is 5.69 Å². The molecule has 0 saturated carbocycles. The molecule has 0 heterocycles. The number of rotatable bonds is 7. The Morgan fingerprint density at radius 2 is 1.83 bits per heavy atom. The van der Waals surface area contributed by atoms with Gasteiger partial charge in [0, 0.05) is 32.4 Å². The van der Waals surface area contributed by atoms with Crippen LogP contribution in [0.3, 0.4) is 0 Å². The first-order valence-corrected chi connectivity index (χ1v) is 7.94. The summed E-state index contributed by atoms with van der Waals surface area (Å²) in [4.78, 5) is 1.89. The first-order chi connectivity index (χ1) is 11.4. The molecule has 5 heteroatoms. The van der Waals surface area contributed by atoms with E-state index in [9.17, 15) is 9.50 Å². The van der Waals surface area contributed by atoms with Gasteiger partial charge in [-0.25, -0.2) is 4.39 Å². The molecule has 0 radical (unpaired) electrons. The molecule has 2 N–H and O–H groups in total. The topological polar surface area (TPSA) is 44.7 Å². The third-order valence-electron chi connectivity index (χ3n) is 4.06. The molecule has 0 amide bonds. The van der Waals surface area contributed by atoms with Gasteiger partial charge in [0.05, 0.1) is 13.2 Å². The molecule has 0 aromatic heterocycles. The second-order valence-corrected chi connectivity index (χ2v) is 6.02. The van der Waals surface area contributed by atoms with Crippen molar-refractivity contribution in [1.29, 1.82) is 0 Å². The van der Waals surface area contributed by atoms with E-state index >= 15 is 0 Å². The van der Waals surface area contributed by atoms with Gasteiger partial charge >= 0.3 is 0 Å². The van der Waals surface area contributed by atoms with E-state index in [1.165, 1.54) is 12.1 Å². The highest BCUT2D eigenvalue weighted by Gasteiger charge is 2.15.